The fourth-order valence-corrected chi connectivity index (χ4v) is 5.29. The van der Waals surface area contributed by atoms with E-state index in [1.807, 2.05) is 60.7 Å². The summed E-state index contributed by atoms with van der Waals surface area (Å²) in [5, 5.41) is 8.13. The van der Waals surface area contributed by atoms with E-state index in [2.05, 4.69) is 10.4 Å². The van der Waals surface area contributed by atoms with Gasteiger partial charge in [0.15, 0.2) is 5.65 Å². The quantitative estimate of drug-likeness (QED) is 0.324. The Kier molecular flexibility index (Phi) is 6.88. The van der Waals surface area contributed by atoms with Gasteiger partial charge < -0.3 is 10.2 Å². The summed E-state index contributed by atoms with van der Waals surface area (Å²) >= 11 is 12.2. The molecular weight excluding hydrogens is 549 g/mol. The number of carbonyl (C=O) groups is 2. The molecule has 0 saturated heterocycles. The molecule has 3 aromatic carbocycles. The molecule has 0 spiro atoms. The topological polar surface area (TPSA) is 88.7 Å². The van der Waals surface area contributed by atoms with Crippen LogP contribution in [-0.4, -0.2) is 37.4 Å². The van der Waals surface area contributed by atoms with Crippen LogP contribution in [0.3, 0.4) is 0 Å². The van der Waals surface area contributed by atoms with Gasteiger partial charge in [-0.25, -0.2) is 4.52 Å². The van der Waals surface area contributed by atoms with Crippen LogP contribution in [0.2, 0.25) is 10.0 Å². The zero-order valence-corrected chi connectivity index (χ0v) is 22.7. The lowest BCUT2D eigenvalue weighted by Gasteiger charge is -2.29. The Morgan fingerprint density at radius 2 is 1.65 bits per heavy atom. The Morgan fingerprint density at radius 3 is 2.38 bits per heavy atom. The van der Waals surface area contributed by atoms with E-state index in [0.29, 0.717) is 52.7 Å². The highest BCUT2D eigenvalue weighted by molar-refractivity contribution is 6.42. The largest absolute Gasteiger partial charge is 0.348 e. The van der Waals surface area contributed by atoms with E-state index >= 15 is 0 Å². The van der Waals surface area contributed by atoms with E-state index in [4.69, 9.17) is 23.2 Å². The van der Waals surface area contributed by atoms with Gasteiger partial charge in [0.1, 0.15) is 5.56 Å². The molecule has 8 nitrogen and oxygen atoms in total. The highest BCUT2D eigenvalue weighted by Gasteiger charge is 2.30. The van der Waals surface area contributed by atoms with Crippen molar-refractivity contribution in [3.8, 4) is 5.69 Å². The summed E-state index contributed by atoms with van der Waals surface area (Å²) in [7, 11) is 0. The van der Waals surface area contributed by atoms with Gasteiger partial charge in [0.25, 0.3) is 17.4 Å². The maximum atomic E-state index is 14.0. The molecule has 0 radical (unpaired) electrons. The Labute approximate surface area is 239 Å². The molecule has 6 rings (SSSR count). The number of rotatable bonds is 5. The number of fused-ring (bicyclic) bond motifs is 3. The van der Waals surface area contributed by atoms with E-state index < -0.39 is 0 Å². The number of para-hydroxylation sites is 1. The zero-order chi connectivity index (χ0) is 27.8. The molecule has 0 aliphatic carbocycles. The minimum Gasteiger partial charge on any atom is -0.348 e. The van der Waals surface area contributed by atoms with Crippen LogP contribution in [0, 0.1) is 0 Å². The third-order valence-corrected chi connectivity index (χ3v) is 7.74. The van der Waals surface area contributed by atoms with E-state index in [1.54, 1.807) is 21.5 Å². The van der Waals surface area contributed by atoms with Gasteiger partial charge in [0.2, 0.25) is 0 Å². The van der Waals surface area contributed by atoms with Crippen molar-refractivity contribution in [1.82, 2.24) is 24.4 Å². The molecule has 0 saturated carbocycles. The number of nitrogens with zero attached hydrogens (tertiary/aromatic N) is 4. The van der Waals surface area contributed by atoms with Crippen LogP contribution in [-0.2, 0) is 19.5 Å². The molecule has 2 amide bonds. The Bertz CT molecular complexity index is 1820. The number of nitrogens with one attached hydrogen (secondary N) is 1. The van der Waals surface area contributed by atoms with Crippen LogP contribution in [0.25, 0.3) is 11.3 Å². The second-order valence-electron chi connectivity index (χ2n) is 9.47. The van der Waals surface area contributed by atoms with E-state index in [-0.39, 0.29) is 34.5 Å². The summed E-state index contributed by atoms with van der Waals surface area (Å²) in [4.78, 5) is 42.4. The van der Waals surface area contributed by atoms with Crippen LogP contribution < -0.4 is 10.9 Å². The fraction of sp³-hybridized carbons (Fsp3) is 0.133. The highest BCUT2D eigenvalue weighted by atomic mass is 35.5. The van der Waals surface area contributed by atoms with Gasteiger partial charge in [0, 0.05) is 24.2 Å². The summed E-state index contributed by atoms with van der Waals surface area (Å²) in [6, 6.07) is 23.5. The van der Waals surface area contributed by atoms with Crippen LogP contribution in [0.1, 0.15) is 37.5 Å². The molecule has 2 aromatic heterocycles. The summed E-state index contributed by atoms with van der Waals surface area (Å²) in [6.07, 6.45) is 1.80. The highest BCUT2D eigenvalue weighted by Crippen LogP contribution is 2.26. The molecule has 1 aliphatic heterocycles. The van der Waals surface area contributed by atoms with Crippen LogP contribution in [0.15, 0.2) is 89.9 Å². The molecule has 1 N–H and O–H groups in total. The first kappa shape index (κ1) is 25.9. The maximum Gasteiger partial charge on any atom is 0.261 e. The van der Waals surface area contributed by atoms with Gasteiger partial charge in [-0.2, -0.15) is 5.10 Å². The number of hydrogen-bond acceptors (Lipinski definition) is 4. The third-order valence-electron chi connectivity index (χ3n) is 7.00. The van der Waals surface area contributed by atoms with Crippen LogP contribution in [0.4, 0.5) is 0 Å². The predicted octanol–water partition coefficient (Wildman–Crippen LogP) is 4.92. The van der Waals surface area contributed by atoms with Gasteiger partial charge in [-0.1, -0.05) is 71.7 Å². The minimum atomic E-state index is -0.359. The zero-order valence-electron chi connectivity index (χ0n) is 21.2. The second-order valence-corrected chi connectivity index (χ2v) is 10.3. The predicted molar refractivity (Wildman–Crippen MR) is 153 cm³/mol. The van der Waals surface area contributed by atoms with Crippen LogP contribution in [0.5, 0.6) is 0 Å². The van der Waals surface area contributed by atoms with Gasteiger partial charge in [0.05, 0.1) is 34.2 Å². The summed E-state index contributed by atoms with van der Waals surface area (Å²) in [5.41, 5.74) is 3.43. The van der Waals surface area contributed by atoms with Crippen molar-refractivity contribution in [3.05, 3.63) is 133 Å². The molecule has 200 valence electrons. The fourth-order valence-electron chi connectivity index (χ4n) is 4.99. The maximum absolute atomic E-state index is 14.0. The van der Waals surface area contributed by atoms with Crippen molar-refractivity contribution >= 4 is 40.7 Å². The van der Waals surface area contributed by atoms with Crippen molar-refractivity contribution in [2.24, 2.45) is 0 Å². The van der Waals surface area contributed by atoms with Gasteiger partial charge >= 0.3 is 0 Å². The van der Waals surface area contributed by atoms with Crippen molar-refractivity contribution in [1.29, 1.82) is 0 Å². The van der Waals surface area contributed by atoms with Crippen molar-refractivity contribution < 1.29 is 9.59 Å². The Morgan fingerprint density at radius 1 is 0.925 bits per heavy atom. The molecule has 40 heavy (non-hydrogen) atoms. The van der Waals surface area contributed by atoms with Crippen molar-refractivity contribution in [2.45, 2.75) is 19.5 Å². The molecule has 0 fully saturated rings. The van der Waals surface area contributed by atoms with Gasteiger partial charge in [-0.3, -0.25) is 19.0 Å². The summed E-state index contributed by atoms with van der Waals surface area (Å²) < 4.78 is 3.13. The number of aromatic nitrogens is 3. The molecular formula is C30H23Cl2N5O3. The molecule has 0 bridgehead atoms. The Balaban J connectivity index is 1.43. The summed E-state index contributed by atoms with van der Waals surface area (Å²) in [6.45, 7) is 0.805. The number of amides is 2. The van der Waals surface area contributed by atoms with E-state index in [1.165, 1.54) is 16.8 Å². The molecule has 1 aliphatic rings. The summed E-state index contributed by atoms with van der Waals surface area (Å²) in [5.74, 6) is -0.597. The van der Waals surface area contributed by atoms with E-state index in [0.717, 1.165) is 5.56 Å². The molecule has 0 unspecified atom stereocenters. The first-order valence-electron chi connectivity index (χ1n) is 12.7. The van der Waals surface area contributed by atoms with Crippen molar-refractivity contribution in [2.75, 3.05) is 6.54 Å². The van der Waals surface area contributed by atoms with Gasteiger partial charge in [-0.05, 0) is 42.3 Å². The lowest BCUT2D eigenvalue weighted by atomic mass is 10.0. The molecule has 0 atom stereocenters. The number of hydrogen-bond donors (Lipinski definition) is 1. The lowest BCUT2D eigenvalue weighted by molar-refractivity contribution is 0.0729. The molecule has 3 heterocycles. The minimum absolute atomic E-state index is 0.141. The average molecular weight is 572 g/mol. The standard InChI is InChI=1S/C30H23Cl2N5O3/c31-24-12-11-20(15-25(24)32)29(39)35-14-13-22-26(18-35)37-28(36(30(22)40)21-9-5-2-6-10-21)23(17-34-37)27(38)33-16-19-7-3-1-4-8-19/h1-12,15,17H,13-14,16,18H2,(H,33,38). The molecule has 5 aromatic rings. The van der Waals surface area contributed by atoms with E-state index in [9.17, 15) is 14.4 Å². The Hall–Kier alpha value is -4.40. The SMILES string of the molecule is O=C(NCc1ccccc1)c1cnn2c3c(c(=O)n(-c4ccccc4)c12)CCN(C(=O)c1ccc(Cl)c(Cl)c1)C3. The number of carbonyl (C=O) groups excluding carboxylic acids is 2. The lowest BCUT2D eigenvalue weighted by Crippen LogP contribution is -2.41. The number of benzene rings is 3. The normalized spacial score (nSPS) is 12.8. The monoisotopic (exact) mass is 571 g/mol. The third kappa shape index (κ3) is 4.65. The number of halogens is 2. The molecule has 10 heteroatoms. The second kappa shape index (κ2) is 10.6. The first-order chi connectivity index (χ1) is 19.4. The van der Waals surface area contributed by atoms with Crippen LogP contribution >= 0.6 is 23.2 Å². The first-order valence-corrected chi connectivity index (χ1v) is 13.4. The average Bonchev–Trinajstić information content (AvgIpc) is 3.43. The van der Waals surface area contributed by atoms with Crippen molar-refractivity contribution in [3.63, 3.8) is 0 Å². The van der Waals surface area contributed by atoms with Gasteiger partial charge in [-0.15, -0.1) is 0 Å². The smallest absolute Gasteiger partial charge is 0.261 e.